The van der Waals surface area contributed by atoms with Crippen LogP contribution in [0.1, 0.15) is 29.8 Å². The Bertz CT molecular complexity index is 811. The molecule has 2 atom stereocenters. The summed E-state index contributed by atoms with van der Waals surface area (Å²) in [6.07, 6.45) is -0.386. The number of aliphatic hydroxyl groups excluding tert-OH is 1. The minimum Gasteiger partial charge on any atom is -0.485 e. The van der Waals surface area contributed by atoms with Crippen molar-refractivity contribution in [3.05, 3.63) is 64.8 Å². The lowest BCUT2D eigenvalue weighted by Crippen LogP contribution is -2.18. The third-order valence-electron chi connectivity index (χ3n) is 3.90. The monoisotopic (exact) mass is 300 g/mol. The van der Waals surface area contributed by atoms with E-state index in [1.807, 2.05) is 12.1 Å². The van der Waals surface area contributed by atoms with Crippen molar-refractivity contribution in [2.45, 2.75) is 18.6 Å². The molecular weight excluding hydrogens is 287 g/mol. The molecule has 1 aliphatic rings. The number of thiophene rings is 1. The van der Waals surface area contributed by atoms with Crippen molar-refractivity contribution < 1.29 is 14.2 Å². The van der Waals surface area contributed by atoms with Crippen LogP contribution in [0.25, 0.3) is 10.1 Å². The van der Waals surface area contributed by atoms with Crippen LogP contribution in [0.2, 0.25) is 0 Å². The van der Waals surface area contributed by atoms with Crippen LogP contribution in [0.5, 0.6) is 5.75 Å². The first-order chi connectivity index (χ1) is 10.2. The van der Waals surface area contributed by atoms with Crippen LogP contribution in [0.3, 0.4) is 0 Å². The van der Waals surface area contributed by atoms with Gasteiger partial charge in [0.25, 0.3) is 0 Å². The smallest absolute Gasteiger partial charge is 0.128 e. The summed E-state index contributed by atoms with van der Waals surface area (Å²) in [5.74, 6) is 0.0887. The summed E-state index contributed by atoms with van der Waals surface area (Å²) in [7, 11) is 0. The Morgan fingerprint density at radius 1 is 1.14 bits per heavy atom. The van der Waals surface area contributed by atoms with Gasteiger partial charge in [-0.25, -0.2) is 4.39 Å². The predicted octanol–water partition coefficient (Wildman–Crippen LogP) is 4.60. The van der Waals surface area contributed by atoms with Crippen LogP contribution in [-0.2, 0) is 0 Å². The molecule has 106 valence electrons. The van der Waals surface area contributed by atoms with Crippen molar-refractivity contribution >= 4 is 21.4 Å². The van der Waals surface area contributed by atoms with Crippen LogP contribution in [0.4, 0.5) is 4.39 Å². The van der Waals surface area contributed by atoms with E-state index >= 15 is 0 Å². The van der Waals surface area contributed by atoms with Crippen LogP contribution in [0, 0.1) is 5.82 Å². The van der Waals surface area contributed by atoms with Crippen molar-refractivity contribution in [1.82, 2.24) is 0 Å². The first-order valence-corrected chi connectivity index (χ1v) is 7.70. The molecule has 0 bridgehead atoms. The Morgan fingerprint density at radius 2 is 2.00 bits per heavy atom. The maximum absolute atomic E-state index is 13.4. The lowest BCUT2D eigenvalue weighted by atomic mass is 9.95. The topological polar surface area (TPSA) is 29.5 Å². The second-order valence-electron chi connectivity index (χ2n) is 5.23. The Balaban J connectivity index is 1.78. The fourth-order valence-corrected chi connectivity index (χ4v) is 3.86. The number of ether oxygens (including phenoxy) is 1. The summed E-state index contributed by atoms with van der Waals surface area (Å²) in [6.45, 7) is 0. The van der Waals surface area contributed by atoms with Gasteiger partial charge in [0.05, 0.1) is 6.10 Å². The normalized spacial score (nSPS) is 21.0. The molecule has 0 fully saturated rings. The van der Waals surface area contributed by atoms with E-state index in [9.17, 15) is 9.50 Å². The van der Waals surface area contributed by atoms with Gasteiger partial charge in [-0.3, -0.25) is 0 Å². The second kappa shape index (κ2) is 4.83. The molecule has 0 saturated carbocycles. The first-order valence-electron chi connectivity index (χ1n) is 6.82. The highest BCUT2D eigenvalue weighted by Crippen LogP contribution is 2.43. The van der Waals surface area contributed by atoms with E-state index in [0.29, 0.717) is 17.7 Å². The number of halogens is 1. The Labute approximate surface area is 125 Å². The third kappa shape index (κ3) is 2.11. The van der Waals surface area contributed by atoms with Crippen LogP contribution < -0.4 is 4.74 Å². The molecule has 0 amide bonds. The molecule has 4 rings (SSSR count). The van der Waals surface area contributed by atoms with Crippen molar-refractivity contribution in [2.24, 2.45) is 0 Å². The number of aliphatic hydroxyl groups is 1. The van der Waals surface area contributed by atoms with Crippen molar-refractivity contribution in [3.63, 3.8) is 0 Å². The van der Waals surface area contributed by atoms with Crippen LogP contribution in [-0.4, -0.2) is 5.11 Å². The van der Waals surface area contributed by atoms with Gasteiger partial charge >= 0.3 is 0 Å². The second-order valence-corrected chi connectivity index (χ2v) is 6.14. The highest BCUT2D eigenvalue weighted by atomic mass is 32.1. The molecule has 1 N–H and O–H groups in total. The lowest BCUT2D eigenvalue weighted by Gasteiger charge is -2.29. The minimum absolute atomic E-state index is 0.245. The fourth-order valence-electron chi connectivity index (χ4n) is 2.85. The molecule has 3 aromatic rings. The average Bonchev–Trinajstić information content (AvgIpc) is 2.90. The van der Waals surface area contributed by atoms with Gasteiger partial charge in [-0.2, -0.15) is 0 Å². The summed E-state index contributed by atoms with van der Waals surface area (Å²) in [4.78, 5) is 0. The van der Waals surface area contributed by atoms with Gasteiger partial charge in [0.1, 0.15) is 17.7 Å². The van der Waals surface area contributed by atoms with Gasteiger partial charge in [0, 0.05) is 28.3 Å². The number of benzene rings is 2. The van der Waals surface area contributed by atoms with Gasteiger partial charge in [-0.1, -0.05) is 18.2 Å². The van der Waals surface area contributed by atoms with E-state index in [2.05, 4.69) is 17.5 Å². The van der Waals surface area contributed by atoms with E-state index in [4.69, 9.17) is 4.74 Å². The maximum Gasteiger partial charge on any atom is 0.128 e. The molecule has 0 saturated heterocycles. The lowest BCUT2D eigenvalue weighted by molar-refractivity contribution is 0.0662. The zero-order valence-corrected chi connectivity index (χ0v) is 11.9. The maximum atomic E-state index is 13.4. The van der Waals surface area contributed by atoms with Crippen molar-refractivity contribution in [2.75, 3.05) is 0 Å². The van der Waals surface area contributed by atoms with Gasteiger partial charge < -0.3 is 9.84 Å². The van der Waals surface area contributed by atoms with Crippen LogP contribution >= 0.6 is 11.3 Å². The molecule has 0 aliphatic carbocycles. The molecule has 4 heteroatoms. The summed E-state index contributed by atoms with van der Waals surface area (Å²) in [5.41, 5.74) is 1.72. The largest absolute Gasteiger partial charge is 0.485 e. The average molecular weight is 300 g/mol. The molecule has 1 aromatic heterocycles. The highest BCUT2D eigenvalue weighted by molar-refractivity contribution is 7.17. The summed E-state index contributed by atoms with van der Waals surface area (Å²) < 4.78 is 20.5. The SMILES string of the molecule is OC1CC(c2csc3ccccc23)Oc2cc(F)ccc21. The molecule has 0 radical (unpaired) electrons. The van der Waals surface area contributed by atoms with E-state index in [1.54, 1.807) is 17.4 Å². The number of fused-ring (bicyclic) bond motifs is 2. The molecule has 2 heterocycles. The van der Waals surface area contributed by atoms with E-state index in [-0.39, 0.29) is 11.9 Å². The molecule has 2 aromatic carbocycles. The van der Waals surface area contributed by atoms with E-state index in [0.717, 1.165) is 10.9 Å². The zero-order valence-electron chi connectivity index (χ0n) is 11.1. The Hall–Kier alpha value is -1.91. The number of rotatable bonds is 1. The number of hydrogen-bond acceptors (Lipinski definition) is 3. The van der Waals surface area contributed by atoms with Gasteiger partial charge in [-0.05, 0) is 29.0 Å². The Kier molecular flexibility index (Phi) is 2.94. The molecule has 1 aliphatic heterocycles. The Morgan fingerprint density at radius 3 is 2.90 bits per heavy atom. The van der Waals surface area contributed by atoms with E-state index < -0.39 is 6.10 Å². The molecule has 21 heavy (non-hydrogen) atoms. The standard InChI is InChI=1S/C17H13FO2S/c18-10-5-6-12-14(19)8-16(20-15(12)7-10)13-9-21-17-4-2-1-3-11(13)17/h1-7,9,14,16,19H,8H2. The zero-order chi connectivity index (χ0) is 14.4. The summed E-state index contributed by atoms with van der Waals surface area (Å²) in [5, 5.41) is 13.5. The summed E-state index contributed by atoms with van der Waals surface area (Å²) in [6, 6.07) is 12.4. The third-order valence-corrected chi connectivity index (χ3v) is 4.88. The summed E-state index contributed by atoms with van der Waals surface area (Å²) >= 11 is 1.66. The predicted molar refractivity (Wildman–Crippen MR) is 81.2 cm³/mol. The van der Waals surface area contributed by atoms with Crippen molar-refractivity contribution in [3.8, 4) is 5.75 Å². The molecule has 0 spiro atoms. The molecular formula is C17H13FO2S. The van der Waals surface area contributed by atoms with Crippen LogP contribution in [0.15, 0.2) is 47.8 Å². The quantitative estimate of drug-likeness (QED) is 0.712. The van der Waals surface area contributed by atoms with Crippen molar-refractivity contribution in [1.29, 1.82) is 0 Å². The highest BCUT2D eigenvalue weighted by Gasteiger charge is 2.29. The minimum atomic E-state index is -0.627. The van der Waals surface area contributed by atoms with Gasteiger partial charge in [-0.15, -0.1) is 11.3 Å². The van der Waals surface area contributed by atoms with Gasteiger partial charge in [0.2, 0.25) is 0 Å². The van der Waals surface area contributed by atoms with Gasteiger partial charge in [0.15, 0.2) is 0 Å². The fraction of sp³-hybridized carbons (Fsp3) is 0.176. The molecule has 2 nitrogen and oxygen atoms in total. The van der Waals surface area contributed by atoms with E-state index in [1.165, 1.54) is 16.8 Å². The first kappa shape index (κ1) is 12.8. The number of hydrogen-bond donors (Lipinski definition) is 1. The molecule has 2 unspecified atom stereocenters.